The summed E-state index contributed by atoms with van der Waals surface area (Å²) in [6.45, 7) is 3.11. The molecule has 0 heterocycles. The summed E-state index contributed by atoms with van der Waals surface area (Å²) in [6, 6.07) is 0. The topological polar surface area (TPSA) is 35.5 Å². The molecule has 0 saturated carbocycles. The van der Waals surface area contributed by atoms with Gasteiger partial charge in [0.2, 0.25) is 0 Å². The Bertz CT molecular complexity index is 134. The molecule has 0 aliphatic carbocycles. The van der Waals surface area contributed by atoms with Gasteiger partial charge in [-0.25, -0.2) is 4.79 Å². The van der Waals surface area contributed by atoms with Gasteiger partial charge in [-0.1, -0.05) is 5.92 Å². The zero-order valence-electron chi connectivity index (χ0n) is 5.79. The lowest BCUT2D eigenvalue weighted by atomic mass is 10.7. The fourth-order valence-electron chi connectivity index (χ4n) is 0.334. The van der Waals surface area contributed by atoms with E-state index in [-0.39, 0.29) is 6.61 Å². The molecule has 0 unspecified atom stereocenters. The van der Waals surface area contributed by atoms with Crippen molar-refractivity contribution in [2.75, 3.05) is 13.2 Å². The first-order valence-electron chi connectivity index (χ1n) is 2.86. The maximum atomic E-state index is 10.4. The van der Waals surface area contributed by atoms with Gasteiger partial charge in [0.1, 0.15) is 6.61 Å². The molecular formula is C7H9O3. The normalized spacial score (nSPS) is 8.40. The first-order valence-corrected chi connectivity index (χ1v) is 2.86. The van der Waals surface area contributed by atoms with Gasteiger partial charge in [-0.05, 0) is 6.92 Å². The van der Waals surface area contributed by atoms with Crippen molar-refractivity contribution in [3.05, 3.63) is 6.61 Å². The van der Waals surface area contributed by atoms with Crippen LogP contribution in [0.1, 0.15) is 6.92 Å². The Labute approximate surface area is 60.3 Å². The molecule has 0 aromatic heterocycles. The number of esters is 1. The molecular weight excluding hydrogens is 132 g/mol. The smallest absolute Gasteiger partial charge is 0.338 e. The SMILES string of the molecule is C#CCO[CH]C(=O)OCC. The lowest BCUT2D eigenvalue weighted by molar-refractivity contribution is -0.143. The van der Waals surface area contributed by atoms with Crippen molar-refractivity contribution in [1.82, 2.24) is 0 Å². The molecule has 0 N–H and O–H groups in total. The van der Waals surface area contributed by atoms with Gasteiger partial charge in [0.05, 0.1) is 6.61 Å². The predicted octanol–water partition coefficient (Wildman–Crippen LogP) is 0.361. The molecule has 0 saturated heterocycles. The van der Waals surface area contributed by atoms with Gasteiger partial charge >= 0.3 is 5.97 Å². The van der Waals surface area contributed by atoms with Crippen molar-refractivity contribution in [2.45, 2.75) is 6.92 Å². The average molecular weight is 141 g/mol. The zero-order chi connectivity index (χ0) is 7.82. The highest BCUT2D eigenvalue weighted by Crippen LogP contribution is 1.85. The second-order valence-electron chi connectivity index (χ2n) is 1.39. The Kier molecular flexibility index (Phi) is 5.50. The van der Waals surface area contributed by atoms with Gasteiger partial charge in [0, 0.05) is 0 Å². The lowest BCUT2D eigenvalue weighted by Gasteiger charge is -1.98. The van der Waals surface area contributed by atoms with Crippen LogP contribution in [0.3, 0.4) is 0 Å². The minimum Gasteiger partial charge on any atom is -0.464 e. The van der Waals surface area contributed by atoms with E-state index < -0.39 is 5.97 Å². The second kappa shape index (κ2) is 6.12. The third kappa shape index (κ3) is 5.13. The Hall–Kier alpha value is -1.01. The van der Waals surface area contributed by atoms with Crippen molar-refractivity contribution in [3.63, 3.8) is 0 Å². The van der Waals surface area contributed by atoms with E-state index >= 15 is 0 Å². The minimum absolute atomic E-state index is 0.0960. The van der Waals surface area contributed by atoms with Gasteiger partial charge in [-0.3, -0.25) is 0 Å². The largest absolute Gasteiger partial charge is 0.464 e. The molecule has 3 nitrogen and oxygen atoms in total. The van der Waals surface area contributed by atoms with Crippen LogP contribution in [0.4, 0.5) is 0 Å². The van der Waals surface area contributed by atoms with Crippen molar-refractivity contribution in [3.8, 4) is 12.3 Å². The number of carbonyl (C=O) groups excluding carboxylic acids is 1. The number of ether oxygens (including phenoxy) is 2. The van der Waals surface area contributed by atoms with Crippen molar-refractivity contribution in [1.29, 1.82) is 0 Å². The van der Waals surface area contributed by atoms with Crippen molar-refractivity contribution < 1.29 is 14.3 Å². The first-order chi connectivity index (χ1) is 4.81. The van der Waals surface area contributed by atoms with Crippen LogP contribution in [0.25, 0.3) is 0 Å². The summed E-state index contributed by atoms with van der Waals surface area (Å²) in [5.41, 5.74) is 0. The Balaban J connectivity index is 3.15. The van der Waals surface area contributed by atoms with Gasteiger partial charge in [-0.15, -0.1) is 6.42 Å². The molecule has 0 aliphatic heterocycles. The molecule has 1 radical (unpaired) electrons. The van der Waals surface area contributed by atoms with Gasteiger partial charge in [0.15, 0.2) is 6.61 Å². The highest BCUT2D eigenvalue weighted by atomic mass is 16.6. The first kappa shape index (κ1) is 8.99. The van der Waals surface area contributed by atoms with E-state index in [1.54, 1.807) is 6.92 Å². The molecule has 3 heteroatoms. The van der Waals surface area contributed by atoms with Crippen LogP contribution in [-0.2, 0) is 14.3 Å². The number of terminal acetylenes is 1. The van der Waals surface area contributed by atoms with Crippen molar-refractivity contribution in [2.24, 2.45) is 0 Å². The molecule has 0 bridgehead atoms. The lowest BCUT2D eigenvalue weighted by Crippen LogP contribution is -2.06. The molecule has 0 amide bonds. The summed E-state index contributed by atoms with van der Waals surface area (Å²) < 4.78 is 9.06. The summed E-state index contributed by atoms with van der Waals surface area (Å²) in [7, 11) is 0. The van der Waals surface area contributed by atoms with Gasteiger partial charge < -0.3 is 9.47 Å². The fraction of sp³-hybridized carbons (Fsp3) is 0.429. The number of rotatable bonds is 4. The summed E-state index contributed by atoms with van der Waals surface area (Å²) >= 11 is 0. The maximum absolute atomic E-state index is 10.4. The Morgan fingerprint density at radius 3 is 3.00 bits per heavy atom. The zero-order valence-corrected chi connectivity index (χ0v) is 5.79. The van der Waals surface area contributed by atoms with E-state index in [2.05, 4.69) is 15.4 Å². The standard InChI is InChI=1S/C7H9O3/c1-3-5-9-6-7(8)10-4-2/h1,6H,4-5H2,2H3. The van der Waals surface area contributed by atoms with E-state index in [0.29, 0.717) is 6.61 Å². The summed E-state index contributed by atoms with van der Waals surface area (Å²) in [6.07, 6.45) is 4.84. The summed E-state index contributed by atoms with van der Waals surface area (Å²) in [5, 5.41) is 0. The molecule has 0 fully saturated rings. The van der Waals surface area contributed by atoms with Crippen LogP contribution in [0.5, 0.6) is 0 Å². The molecule has 10 heavy (non-hydrogen) atoms. The van der Waals surface area contributed by atoms with E-state index in [1.807, 2.05) is 0 Å². The maximum Gasteiger partial charge on any atom is 0.338 e. The van der Waals surface area contributed by atoms with Crippen LogP contribution >= 0.6 is 0 Å². The highest BCUT2D eigenvalue weighted by Gasteiger charge is 1.99. The van der Waals surface area contributed by atoms with Gasteiger partial charge in [0.25, 0.3) is 0 Å². The van der Waals surface area contributed by atoms with Gasteiger partial charge in [-0.2, -0.15) is 0 Å². The molecule has 0 rings (SSSR count). The van der Waals surface area contributed by atoms with E-state index in [4.69, 9.17) is 6.42 Å². The van der Waals surface area contributed by atoms with Crippen LogP contribution in [0.2, 0.25) is 0 Å². The van der Waals surface area contributed by atoms with E-state index in [1.165, 1.54) is 0 Å². The van der Waals surface area contributed by atoms with Crippen LogP contribution in [0, 0.1) is 19.0 Å². The third-order valence-corrected chi connectivity index (χ3v) is 0.633. The third-order valence-electron chi connectivity index (χ3n) is 0.633. The average Bonchev–Trinajstić information content (AvgIpc) is 1.89. The van der Waals surface area contributed by atoms with Crippen LogP contribution in [-0.4, -0.2) is 19.2 Å². The van der Waals surface area contributed by atoms with Crippen molar-refractivity contribution >= 4 is 5.97 Å². The second-order valence-corrected chi connectivity index (χ2v) is 1.39. The highest BCUT2D eigenvalue weighted by molar-refractivity contribution is 5.76. The summed E-state index contributed by atoms with van der Waals surface area (Å²) in [4.78, 5) is 10.4. The molecule has 0 spiro atoms. The van der Waals surface area contributed by atoms with Crippen LogP contribution in [0.15, 0.2) is 0 Å². The predicted molar refractivity (Wildman–Crippen MR) is 35.7 cm³/mol. The summed E-state index contributed by atoms with van der Waals surface area (Å²) in [5.74, 6) is 1.70. The molecule has 0 aliphatic rings. The Morgan fingerprint density at radius 1 is 1.80 bits per heavy atom. The molecule has 0 aromatic carbocycles. The van der Waals surface area contributed by atoms with Crippen LogP contribution < -0.4 is 0 Å². The molecule has 0 atom stereocenters. The van der Waals surface area contributed by atoms with E-state index in [0.717, 1.165) is 6.61 Å². The molecule has 55 valence electrons. The monoisotopic (exact) mass is 141 g/mol. The number of hydrogen-bond donors (Lipinski definition) is 0. The Morgan fingerprint density at radius 2 is 2.50 bits per heavy atom. The number of carbonyl (C=O) groups is 1. The quantitative estimate of drug-likeness (QED) is 0.322. The number of hydrogen-bond acceptors (Lipinski definition) is 3. The minimum atomic E-state index is -0.502. The fourth-order valence-corrected chi connectivity index (χ4v) is 0.334. The molecule has 0 aromatic rings. The van der Waals surface area contributed by atoms with E-state index in [9.17, 15) is 4.79 Å².